The Labute approximate surface area is 82.9 Å². The zero-order chi connectivity index (χ0) is 9.26. The van der Waals surface area contributed by atoms with Gasteiger partial charge in [-0.25, -0.2) is 4.98 Å². The molecule has 0 radical (unpaired) electrons. The highest BCUT2D eigenvalue weighted by Gasteiger charge is 2.06. The molecule has 2 aromatic heterocycles. The maximum atomic E-state index is 10.1. The monoisotopic (exact) mass is 213 g/mol. The minimum absolute atomic E-state index is 0.379. The number of fused-ring (bicyclic) bond motifs is 1. The minimum atomic E-state index is 0.379. The maximum absolute atomic E-state index is 10.1. The first-order chi connectivity index (χ1) is 6.31. The molecule has 2 heterocycles. The molecule has 0 unspecified atom stereocenters. The van der Waals surface area contributed by atoms with Gasteiger partial charge < -0.3 is 4.74 Å². The molecule has 0 aliphatic rings. The van der Waals surface area contributed by atoms with Gasteiger partial charge in [-0.1, -0.05) is 11.6 Å². The number of carbonyl (C=O) groups excluding carboxylic acids is 1. The van der Waals surface area contributed by atoms with E-state index in [9.17, 15) is 4.79 Å². The second-order valence-electron chi connectivity index (χ2n) is 2.29. The van der Waals surface area contributed by atoms with Crippen molar-refractivity contribution in [2.75, 3.05) is 0 Å². The van der Waals surface area contributed by atoms with E-state index in [-0.39, 0.29) is 0 Å². The first kappa shape index (κ1) is 8.47. The van der Waals surface area contributed by atoms with Crippen LogP contribution in [-0.4, -0.2) is 11.5 Å². The fourth-order valence-electron chi connectivity index (χ4n) is 1.00. The van der Waals surface area contributed by atoms with Crippen molar-refractivity contribution in [3.63, 3.8) is 0 Å². The predicted molar refractivity (Wildman–Crippen MR) is 51.3 cm³/mol. The highest BCUT2D eigenvalue weighted by atomic mass is 35.5. The van der Waals surface area contributed by atoms with Gasteiger partial charge in [-0.2, -0.15) is 0 Å². The summed E-state index contributed by atoms with van der Waals surface area (Å²) >= 11 is 7.15. The van der Waals surface area contributed by atoms with Crippen LogP contribution in [0.5, 0.6) is 5.75 Å². The number of carbonyl (C=O) groups is 1. The molecule has 0 atom stereocenters. The SMILES string of the molecule is O=COc1csc2ccc(Cl)nc12. The zero-order valence-electron chi connectivity index (χ0n) is 6.36. The molecule has 66 valence electrons. The van der Waals surface area contributed by atoms with Crippen LogP contribution in [0.4, 0.5) is 0 Å². The van der Waals surface area contributed by atoms with Crippen LogP contribution in [0.2, 0.25) is 5.15 Å². The van der Waals surface area contributed by atoms with Crippen molar-refractivity contribution in [2.24, 2.45) is 0 Å². The second-order valence-corrected chi connectivity index (χ2v) is 3.59. The fraction of sp³-hybridized carbons (Fsp3) is 0. The number of nitrogens with zero attached hydrogens (tertiary/aromatic N) is 1. The van der Waals surface area contributed by atoms with Crippen LogP contribution in [0.15, 0.2) is 17.5 Å². The molecule has 2 aromatic rings. The third kappa shape index (κ3) is 1.50. The van der Waals surface area contributed by atoms with Gasteiger partial charge in [0.05, 0.1) is 4.70 Å². The van der Waals surface area contributed by atoms with E-state index in [2.05, 4.69) is 4.98 Å². The summed E-state index contributed by atoms with van der Waals surface area (Å²) in [4.78, 5) is 14.2. The normalized spacial score (nSPS) is 10.2. The van der Waals surface area contributed by atoms with Gasteiger partial charge in [0, 0.05) is 5.38 Å². The summed E-state index contributed by atoms with van der Waals surface area (Å²) in [5, 5.41) is 2.12. The standard InChI is InChI=1S/C8H4ClNO2S/c9-7-2-1-6-8(10-7)5(3-13-6)12-4-11/h1-4H. The predicted octanol–water partition coefficient (Wildman–Crippen LogP) is 2.48. The van der Waals surface area contributed by atoms with Gasteiger partial charge in [-0.3, -0.25) is 4.79 Å². The van der Waals surface area contributed by atoms with E-state index in [0.717, 1.165) is 4.70 Å². The summed E-state index contributed by atoms with van der Waals surface area (Å²) in [6.45, 7) is 0.379. The van der Waals surface area contributed by atoms with Crippen molar-refractivity contribution >= 4 is 39.6 Å². The van der Waals surface area contributed by atoms with Crippen molar-refractivity contribution in [1.82, 2.24) is 4.98 Å². The summed E-state index contributed by atoms with van der Waals surface area (Å²) in [7, 11) is 0. The van der Waals surface area contributed by atoms with Crippen LogP contribution < -0.4 is 4.74 Å². The molecule has 5 heteroatoms. The Balaban J connectivity index is 2.64. The van der Waals surface area contributed by atoms with Crippen molar-refractivity contribution < 1.29 is 9.53 Å². The second kappa shape index (κ2) is 3.32. The van der Waals surface area contributed by atoms with Crippen LogP contribution in [0.3, 0.4) is 0 Å². The molecule has 0 saturated heterocycles. The average molecular weight is 214 g/mol. The van der Waals surface area contributed by atoms with Gasteiger partial charge in [-0.15, -0.1) is 11.3 Å². The first-order valence-electron chi connectivity index (χ1n) is 3.45. The Kier molecular flexibility index (Phi) is 2.16. The Hall–Kier alpha value is -1.13. The molecule has 0 bridgehead atoms. The van der Waals surface area contributed by atoms with E-state index in [4.69, 9.17) is 16.3 Å². The number of thiophene rings is 1. The Bertz CT molecular complexity index is 454. The summed E-state index contributed by atoms with van der Waals surface area (Å²) < 4.78 is 5.67. The Morgan fingerprint density at radius 3 is 3.15 bits per heavy atom. The quantitative estimate of drug-likeness (QED) is 0.568. The summed E-state index contributed by atoms with van der Waals surface area (Å²) in [5.41, 5.74) is 0.629. The molecule has 13 heavy (non-hydrogen) atoms. The molecule has 0 saturated carbocycles. The number of ether oxygens (including phenoxy) is 1. The van der Waals surface area contributed by atoms with E-state index in [1.165, 1.54) is 11.3 Å². The summed E-state index contributed by atoms with van der Waals surface area (Å²) in [6.07, 6.45) is 0. The molecule has 0 amide bonds. The number of hydrogen-bond acceptors (Lipinski definition) is 4. The first-order valence-corrected chi connectivity index (χ1v) is 4.71. The molecule has 3 nitrogen and oxygen atoms in total. The summed E-state index contributed by atoms with van der Waals surface area (Å²) in [5.74, 6) is 0.456. The number of pyridine rings is 1. The minimum Gasteiger partial charge on any atom is -0.426 e. The van der Waals surface area contributed by atoms with Crippen LogP contribution in [0.25, 0.3) is 10.2 Å². The van der Waals surface area contributed by atoms with Gasteiger partial charge in [0.2, 0.25) is 0 Å². The lowest BCUT2D eigenvalue weighted by atomic mass is 10.4. The van der Waals surface area contributed by atoms with Gasteiger partial charge in [0.1, 0.15) is 10.7 Å². The fourth-order valence-corrected chi connectivity index (χ4v) is 1.96. The zero-order valence-corrected chi connectivity index (χ0v) is 7.93. The topological polar surface area (TPSA) is 39.2 Å². The summed E-state index contributed by atoms with van der Waals surface area (Å²) in [6, 6.07) is 3.54. The van der Waals surface area contributed by atoms with Gasteiger partial charge in [0.25, 0.3) is 6.47 Å². The lowest BCUT2D eigenvalue weighted by Crippen LogP contribution is -1.87. The number of hydrogen-bond donors (Lipinski definition) is 0. The van der Waals surface area contributed by atoms with Crippen molar-refractivity contribution in [3.8, 4) is 5.75 Å². The van der Waals surface area contributed by atoms with Crippen molar-refractivity contribution in [1.29, 1.82) is 0 Å². The highest BCUT2D eigenvalue weighted by molar-refractivity contribution is 7.17. The molecular weight excluding hydrogens is 210 g/mol. The molecule has 0 spiro atoms. The number of rotatable bonds is 2. The van der Waals surface area contributed by atoms with Gasteiger partial charge in [-0.05, 0) is 12.1 Å². The van der Waals surface area contributed by atoms with E-state index in [0.29, 0.717) is 22.9 Å². The van der Waals surface area contributed by atoms with Gasteiger partial charge >= 0.3 is 0 Å². The molecule has 0 aromatic carbocycles. The lowest BCUT2D eigenvalue weighted by Gasteiger charge is -1.93. The van der Waals surface area contributed by atoms with E-state index in [1.54, 1.807) is 11.4 Å². The average Bonchev–Trinajstić information content (AvgIpc) is 2.49. The molecule has 0 aliphatic carbocycles. The Morgan fingerprint density at radius 2 is 2.38 bits per heavy atom. The van der Waals surface area contributed by atoms with E-state index < -0.39 is 0 Å². The molecule has 0 N–H and O–H groups in total. The van der Waals surface area contributed by atoms with Crippen LogP contribution in [-0.2, 0) is 4.79 Å². The number of aromatic nitrogens is 1. The van der Waals surface area contributed by atoms with Crippen LogP contribution in [0.1, 0.15) is 0 Å². The molecule has 2 rings (SSSR count). The molecule has 0 aliphatic heterocycles. The third-order valence-corrected chi connectivity index (χ3v) is 2.65. The Morgan fingerprint density at radius 1 is 1.54 bits per heavy atom. The number of halogens is 1. The van der Waals surface area contributed by atoms with E-state index >= 15 is 0 Å². The van der Waals surface area contributed by atoms with Crippen molar-refractivity contribution in [3.05, 3.63) is 22.7 Å². The largest absolute Gasteiger partial charge is 0.426 e. The molecule has 0 fully saturated rings. The lowest BCUT2D eigenvalue weighted by molar-refractivity contribution is -0.120. The van der Waals surface area contributed by atoms with Gasteiger partial charge in [0.15, 0.2) is 5.75 Å². The van der Waals surface area contributed by atoms with Crippen LogP contribution in [0, 0.1) is 0 Å². The smallest absolute Gasteiger partial charge is 0.298 e. The van der Waals surface area contributed by atoms with E-state index in [1.807, 2.05) is 6.07 Å². The highest BCUT2D eigenvalue weighted by Crippen LogP contribution is 2.31. The maximum Gasteiger partial charge on any atom is 0.298 e. The van der Waals surface area contributed by atoms with Crippen molar-refractivity contribution in [2.45, 2.75) is 0 Å². The van der Waals surface area contributed by atoms with Crippen LogP contribution >= 0.6 is 22.9 Å². The third-order valence-electron chi connectivity index (χ3n) is 1.53. The molecular formula is C8H4ClNO2S.